The number of carbonyl (C=O) groups excluding carboxylic acids is 1. The number of hydrogen-bond acceptors (Lipinski definition) is 2. The van der Waals surface area contributed by atoms with Crippen molar-refractivity contribution in [1.29, 1.82) is 0 Å². The molecule has 4 aromatic rings. The van der Waals surface area contributed by atoms with Crippen molar-refractivity contribution >= 4 is 16.7 Å². The van der Waals surface area contributed by atoms with E-state index < -0.39 is 0 Å². The standard InChI is InChI=1S/C27H27NO2/c1-18(2)16-20-8-10-21(11-9-20)19(3)30-23-14-12-22(13-15-23)27(29)25-17-28-26-7-5-4-6-24(25)26/h4-15,17-19,28H,16H2,1-3H3. The molecule has 3 heteroatoms. The fraction of sp³-hybridized carbons (Fsp3) is 0.222. The van der Waals surface area contributed by atoms with Crippen LogP contribution in [0.1, 0.15) is 53.9 Å². The summed E-state index contributed by atoms with van der Waals surface area (Å²) in [6, 6.07) is 23.9. The molecule has 0 aliphatic carbocycles. The number of rotatable bonds is 7. The molecule has 4 rings (SSSR count). The molecule has 0 fully saturated rings. The van der Waals surface area contributed by atoms with Crippen molar-refractivity contribution in [2.75, 3.05) is 0 Å². The molecule has 0 saturated heterocycles. The van der Waals surface area contributed by atoms with Crippen molar-refractivity contribution in [3.05, 3.63) is 101 Å². The Morgan fingerprint density at radius 1 is 0.900 bits per heavy atom. The minimum atomic E-state index is -0.0618. The lowest BCUT2D eigenvalue weighted by molar-refractivity contribution is 0.104. The van der Waals surface area contributed by atoms with Gasteiger partial charge in [0.1, 0.15) is 11.9 Å². The number of benzene rings is 3. The van der Waals surface area contributed by atoms with Crippen LogP contribution < -0.4 is 4.74 Å². The minimum absolute atomic E-state index is 0.00721. The Balaban J connectivity index is 1.45. The number of para-hydroxylation sites is 1. The summed E-state index contributed by atoms with van der Waals surface area (Å²) in [5, 5.41) is 0.942. The molecule has 0 aliphatic rings. The summed E-state index contributed by atoms with van der Waals surface area (Å²) in [4.78, 5) is 16.1. The molecular weight excluding hydrogens is 370 g/mol. The van der Waals surface area contributed by atoms with Gasteiger partial charge in [-0.05, 0) is 60.7 Å². The third-order valence-electron chi connectivity index (χ3n) is 5.36. The highest BCUT2D eigenvalue weighted by molar-refractivity contribution is 6.16. The molecule has 0 spiro atoms. The Morgan fingerprint density at radius 2 is 1.60 bits per heavy atom. The highest BCUT2D eigenvalue weighted by Gasteiger charge is 2.14. The smallest absolute Gasteiger partial charge is 0.195 e. The second-order valence-corrected chi connectivity index (χ2v) is 8.20. The van der Waals surface area contributed by atoms with E-state index in [0.717, 1.165) is 28.6 Å². The molecule has 3 nitrogen and oxygen atoms in total. The lowest BCUT2D eigenvalue weighted by atomic mass is 10.0. The third kappa shape index (κ3) is 4.30. The zero-order valence-electron chi connectivity index (χ0n) is 17.7. The van der Waals surface area contributed by atoms with E-state index in [1.165, 1.54) is 5.56 Å². The number of aromatic amines is 1. The SMILES string of the molecule is CC(C)Cc1ccc(C(C)Oc2ccc(C(=O)c3c[nH]c4ccccc34)cc2)cc1. The first-order chi connectivity index (χ1) is 14.5. The molecule has 1 atom stereocenters. The number of H-pyrrole nitrogens is 1. The molecule has 152 valence electrons. The summed E-state index contributed by atoms with van der Waals surface area (Å²) in [6.07, 6.45) is 2.80. The van der Waals surface area contributed by atoms with Crippen molar-refractivity contribution in [3.8, 4) is 5.75 Å². The van der Waals surface area contributed by atoms with Gasteiger partial charge in [-0.1, -0.05) is 56.3 Å². The van der Waals surface area contributed by atoms with Crippen molar-refractivity contribution < 1.29 is 9.53 Å². The lowest BCUT2D eigenvalue weighted by Crippen LogP contribution is -2.04. The third-order valence-corrected chi connectivity index (χ3v) is 5.36. The largest absolute Gasteiger partial charge is 0.486 e. The second-order valence-electron chi connectivity index (χ2n) is 8.20. The summed E-state index contributed by atoms with van der Waals surface area (Å²) in [6.45, 7) is 6.50. The van der Waals surface area contributed by atoms with Crippen LogP contribution in [0, 0.1) is 5.92 Å². The summed E-state index contributed by atoms with van der Waals surface area (Å²) in [5.74, 6) is 1.41. The van der Waals surface area contributed by atoms with E-state index in [-0.39, 0.29) is 11.9 Å². The van der Waals surface area contributed by atoms with Gasteiger partial charge in [0.15, 0.2) is 5.78 Å². The first kappa shape index (κ1) is 20.0. The Bertz CT molecular complexity index is 1140. The highest BCUT2D eigenvalue weighted by atomic mass is 16.5. The van der Waals surface area contributed by atoms with Crippen molar-refractivity contribution in [2.45, 2.75) is 33.3 Å². The lowest BCUT2D eigenvalue weighted by Gasteiger charge is -2.16. The second kappa shape index (κ2) is 8.58. The summed E-state index contributed by atoms with van der Waals surface area (Å²) in [5.41, 5.74) is 4.79. The van der Waals surface area contributed by atoms with Crippen LogP contribution in [0.25, 0.3) is 10.9 Å². The van der Waals surface area contributed by atoms with Crippen molar-refractivity contribution in [1.82, 2.24) is 4.98 Å². The molecule has 0 amide bonds. The van der Waals surface area contributed by atoms with Crippen LogP contribution in [-0.2, 0) is 6.42 Å². The molecule has 30 heavy (non-hydrogen) atoms. The van der Waals surface area contributed by atoms with E-state index in [1.807, 2.05) is 55.5 Å². The normalized spacial score (nSPS) is 12.3. The van der Waals surface area contributed by atoms with E-state index in [2.05, 4.69) is 43.1 Å². The summed E-state index contributed by atoms with van der Waals surface area (Å²) < 4.78 is 6.10. The number of carbonyl (C=O) groups is 1. The Hall–Kier alpha value is -3.33. The van der Waals surface area contributed by atoms with Gasteiger partial charge in [-0.2, -0.15) is 0 Å². The molecule has 0 aliphatic heterocycles. The number of ketones is 1. The van der Waals surface area contributed by atoms with Crippen LogP contribution in [0.3, 0.4) is 0 Å². The van der Waals surface area contributed by atoms with Crippen LogP contribution in [0.2, 0.25) is 0 Å². The molecule has 1 unspecified atom stereocenters. The predicted molar refractivity (Wildman–Crippen MR) is 122 cm³/mol. The molecule has 1 N–H and O–H groups in total. The van der Waals surface area contributed by atoms with E-state index >= 15 is 0 Å². The van der Waals surface area contributed by atoms with Crippen LogP contribution in [-0.4, -0.2) is 10.8 Å². The fourth-order valence-corrected chi connectivity index (χ4v) is 3.77. The van der Waals surface area contributed by atoms with Gasteiger partial charge < -0.3 is 9.72 Å². The van der Waals surface area contributed by atoms with Gasteiger partial charge in [0.25, 0.3) is 0 Å². The maximum atomic E-state index is 12.9. The molecule has 0 radical (unpaired) electrons. The summed E-state index contributed by atoms with van der Waals surface area (Å²) in [7, 11) is 0. The number of aromatic nitrogens is 1. The fourth-order valence-electron chi connectivity index (χ4n) is 3.77. The summed E-state index contributed by atoms with van der Waals surface area (Å²) >= 11 is 0. The van der Waals surface area contributed by atoms with Gasteiger partial charge in [-0.15, -0.1) is 0 Å². The monoisotopic (exact) mass is 397 g/mol. The van der Waals surface area contributed by atoms with Gasteiger partial charge in [-0.25, -0.2) is 0 Å². The molecule has 1 heterocycles. The average Bonchev–Trinajstić information content (AvgIpc) is 3.18. The number of hydrogen-bond donors (Lipinski definition) is 1. The van der Waals surface area contributed by atoms with Crippen molar-refractivity contribution in [3.63, 3.8) is 0 Å². The average molecular weight is 398 g/mol. The van der Waals surface area contributed by atoms with Crippen LogP contribution in [0.4, 0.5) is 0 Å². The van der Waals surface area contributed by atoms with Gasteiger partial charge in [0, 0.05) is 28.2 Å². The number of fused-ring (bicyclic) bond motifs is 1. The minimum Gasteiger partial charge on any atom is -0.486 e. The Morgan fingerprint density at radius 3 is 2.30 bits per heavy atom. The predicted octanol–water partition coefficient (Wildman–Crippen LogP) is 6.74. The maximum absolute atomic E-state index is 12.9. The van der Waals surface area contributed by atoms with Crippen LogP contribution in [0.5, 0.6) is 5.75 Å². The molecular formula is C27H27NO2. The topological polar surface area (TPSA) is 42.1 Å². The van der Waals surface area contributed by atoms with E-state index in [1.54, 1.807) is 6.20 Å². The quantitative estimate of drug-likeness (QED) is 0.351. The van der Waals surface area contributed by atoms with Gasteiger partial charge in [-0.3, -0.25) is 4.79 Å². The zero-order chi connectivity index (χ0) is 21.1. The van der Waals surface area contributed by atoms with Gasteiger partial charge >= 0.3 is 0 Å². The molecule has 3 aromatic carbocycles. The van der Waals surface area contributed by atoms with E-state index in [0.29, 0.717) is 17.0 Å². The van der Waals surface area contributed by atoms with E-state index in [4.69, 9.17) is 4.74 Å². The Kier molecular flexibility index (Phi) is 5.71. The first-order valence-electron chi connectivity index (χ1n) is 10.5. The zero-order valence-corrected chi connectivity index (χ0v) is 17.7. The van der Waals surface area contributed by atoms with Gasteiger partial charge in [0.05, 0.1) is 0 Å². The van der Waals surface area contributed by atoms with Crippen LogP contribution in [0.15, 0.2) is 79.0 Å². The maximum Gasteiger partial charge on any atom is 0.195 e. The van der Waals surface area contributed by atoms with Crippen LogP contribution >= 0.6 is 0 Å². The number of nitrogens with one attached hydrogen (secondary N) is 1. The van der Waals surface area contributed by atoms with E-state index in [9.17, 15) is 4.79 Å². The Labute approximate surface area is 177 Å². The molecule has 1 aromatic heterocycles. The first-order valence-corrected chi connectivity index (χ1v) is 10.5. The molecule has 0 saturated carbocycles. The number of ether oxygens (including phenoxy) is 1. The molecule has 0 bridgehead atoms. The van der Waals surface area contributed by atoms with Crippen molar-refractivity contribution in [2.24, 2.45) is 5.92 Å². The van der Waals surface area contributed by atoms with Gasteiger partial charge in [0.2, 0.25) is 0 Å². The highest BCUT2D eigenvalue weighted by Crippen LogP contribution is 2.25.